The Labute approximate surface area is 189 Å². The first-order chi connectivity index (χ1) is 16.2. The molecule has 0 saturated carbocycles. The number of hydrogen-bond acceptors (Lipinski definition) is 4. The summed E-state index contributed by atoms with van der Waals surface area (Å²) in [5, 5.41) is 10.0. The number of aromatic nitrogens is 5. The van der Waals surface area contributed by atoms with E-state index in [9.17, 15) is 4.79 Å². The van der Waals surface area contributed by atoms with Gasteiger partial charge in [0.15, 0.2) is 5.65 Å². The highest BCUT2D eigenvalue weighted by Gasteiger charge is 2.15. The van der Waals surface area contributed by atoms with Crippen molar-refractivity contribution in [3.05, 3.63) is 91.0 Å². The molecule has 6 aromatic rings. The van der Waals surface area contributed by atoms with E-state index in [1.807, 2.05) is 34.8 Å². The molecule has 0 saturated heterocycles. The number of anilines is 1. The summed E-state index contributed by atoms with van der Waals surface area (Å²) in [6, 6.07) is 22.3. The number of amides is 1. The maximum Gasteiger partial charge on any atom is 0.244 e. The first-order valence-electron chi connectivity index (χ1n) is 10.7. The quantitative estimate of drug-likeness (QED) is 0.432. The average Bonchev–Trinajstić information content (AvgIpc) is 3.46. The van der Waals surface area contributed by atoms with Gasteiger partial charge in [-0.1, -0.05) is 54.1 Å². The van der Waals surface area contributed by atoms with Crippen molar-refractivity contribution in [2.75, 3.05) is 5.32 Å². The van der Waals surface area contributed by atoms with Crippen molar-refractivity contribution in [1.82, 2.24) is 24.1 Å². The molecule has 7 nitrogen and oxygen atoms in total. The molecule has 7 heteroatoms. The molecule has 6 rings (SSSR count). The van der Waals surface area contributed by atoms with Gasteiger partial charge in [-0.05, 0) is 25.1 Å². The predicted octanol–water partition coefficient (Wildman–Crippen LogP) is 4.85. The first kappa shape index (κ1) is 19.2. The molecule has 0 fully saturated rings. The highest BCUT2D eigenvalue weighted by atomic mass is 16.1. The molecular weight excluding hydrogens is 412 g/mol. The number of hydrogen-bond donors (Lipinski definition) is 1. The van der Waals surface area contributed by atoms with Crippen molar-refractivity contribution >= 4 is 39.0 Å². The number of carbonyl (C=O) groups excluding carboxylic acids is 1. The number of aryl methyl sites for hydroxylation is 1. The van der Waals surface area contributed by atoms with Crippen LogP contribution >= 0.6 is 0 Å². The van der Waals surface area contributed by atoms with Crippen LogP contribution in [0.2, 0.25) is 0 Å². The molecule has 1 N–H and O–H groups in total. The van der Waals surface area contributed by atoms with Gasteiger partial charge in [0.1, 0.15) is 6.54 Å². The van der Waals surface area contributed by atoms with Gasteiger partial charge in [0.05, 0.1) is 23.1 Å². The Morgan fingerprint density at radius 2 is 1.82 bits per heavy atom. The second kappa shape index (κ2) is 7.56. The van der Waals surface area contributed by atoms with Crippen molar-refractivity contribution in [2.45, 2.75) is 13.5 Å². The highest BCUT2D eigenvalue weighted by molar-refractivity contribution is 6.04. The van der Waals surface area contributed by atoms with Gasteiger partial charge in [-0.15, -0.1) is 0 Å². The van der Waals surface area contributed by atoms with Crippen LogP contribution in [-0.2, 0) is 11.3 Å². The zero-order valence-electron chi connectivity index (χ0n) is 17.9. The fourth-order valence-electron chi connectivity index (χ4n) is 4.13. The number of rotatable bonds is 4. The van der Waals surface area contributed by atoms with E-state index in [-0.39, 0.29) is 12.5 Å². The molecule has 3 aromatic carbocycles. The van der Waals surface area contributed by atoms with E-state index < -0.39 is 0 Å². The third-order valence-corrected chi connectivity index (χ3v) is 5.75. The van der Waals surface area contributed by atoms with Crippen LogP contribution in [0.1, 0.15) is 5.56 Å². The van der Waals surface area contributed by atoms with E-state index in [1.165, 1.54) is 5.56 Å². The van der Waals surface area contributed by atoms with Gasteiger partial charge in [-0.3, -0.25) is 4.79 Å². The summed E-state index contributed by atoms with van der Waals surface area (Å²) in [7, 11) is 0. The van der Waals surface area contributed by atoms with Gasteiger partial charge in [0, 0.05) is 34.4 Å². The average molecular weight is 432 g/mol. The molecule has 160 valence electrons. The van der Waals surface area contributed by atoms with Crippen LogP contribution in [0.5, 0.6) is 0 Å². The largest absolute Gasteiger partial charge is 0.328 e. The molecule has 0 atom stereocenters. The third-order valence-electron chi connectivity index (χ3n) is 5.75. The van der Waals surface area contributed by atoms with Crippen LogP contribution in [0.4, 0.5) is 5.69 Å². The van der Waals surface area contributed by atoms with Gasteiger partial charge in [-0.2, -0.15) is 5.10 Å². The van der Waals surface area contributed by atoms with Gasteiger partial charge < -0.3 is 9.88 Å². The number of nitrogens with zero attached hydrogens (tertiary/aromatic N) is 5. The molecule has 3 heterocycles. The van der Waals surface area contributed by atoms with Gasteiger partial charge in [0.2, 0.25) is 5.91 Å². The monoisotopic (exact) mass is 432 g/mol. The maximum atomic E-state index is 12.4. The smallest absolute Gasteiger partial charge is 0.244 e. The lowest BCUT2D eigenvalue weighted by atomic mass is 10.0. The molecule has 0 aliphatic carbocycles. The minimum atomic E-state index is -0.124. The van der Waals surface area contributed by atoms with E-state index in [1.54, 1.807) is 23.3 Å². The molecule has 0 aliphatic rings. The van der Waals surface area contributed by atoms with Gasteiger partial charge >= 0.3 is 0 Å². The number of nitrogens with one attached hydrogen (secondary N) is 1. The van der Waals surface area contributed by atoms with Crippen LogP contribution in [0, 0.1) is 6.92 Å². The maximum absolute atomic E-state index is 12.4. The summed E-state index contributed by atoms with van der Waals surface area (Å²) < 4.78 is 3.62. The number of fused-ring (bicyclic) bond motifs is 5. The lowest BCUT2D eigenvalue weighted by Crippen LogP contribution is -2.17. The summed E-state index contributed by atoms with van der Waals surface area (Å²) in [5.74, 6) is -0.124. The lowest BCUT2D eigenvalue weighted by Gasteiger charge is -2.09. The molecule has 0 radical (unpaired) electrons. The summed E-state index contributed by atoms with van der Waals surface area (Å²) >= 11 is 0. The number of benzene rings is 3. The molecule has 0 spiro atoms. The Morgan fingerprint density at radius 1 is 1.00 bits per heavy atom. The fourth-order valence-corrected chi connectivity index (χ4v) is 4.13. The second-order valence-electron chi connectivity index (χ2n) is 8.09. The number of carbonyl (C=O) groups is 1. The van der Waals surface area contributed by atoms with E-state index in [0.717, 1.165) is 38.7 Å². The van der Waals surface area contributed by atoms with E-state index in [2.05, 4.69) is 53.6 Å². The van der Waals surface area contributed by atoms with Crippen molar-refractivity contribution in [3.8, 4) is 11.3 Å². The van der Waals surface area contributed by atoms with Crippen LogP contribution in [0.3, 0.4) is 0 Å². The Hall–Kier alpha value is -4.52. The summed E-state index contributed by atoms with van der Waals surface area (Å²) in [6.07, 6.45) is 5.03. The Kier molecular flexibility index (Phi) is 4.40. The summed E-state index contributed by atoms with van der Waals surface area (Å²) in [4.78, 5) is 21.2. The highest BCUT2D eigenvalue weighted by Crippen LogP contribution is 2.31. The Morgan fingerprint density at radius 3 is 2.61 bits per heavy atom. The molecule has 3 aromatic heterocycles. The molecule has 33 heavy (non-hydrogen) atoms. The minimum absolute atomic E-state index is 0.124. The van der Waals surface area contributed by atoms with Crippen molar-refractivity contribution in [2.24, 2.45) is 0 Å². The van der Waals surface area contributed by atoms with Crippen LogP contribution in [0.25, 0.3) is 38.7 Å². The topological polar surface area (TPSA) is 77.1 Å². The zero-order chi connectivity index (χ0) is 22.4. The van der Waals surface area contributed by atoms with E-state index in [0.29, 0.717) is 5.69 Å². The number of imidazole rings is 2. The second-order valence-corrected chi connectivity index (χ2v) is 8.09. The van der Waals surface area contributed by atoms with Gasteiger partial charge in [-0.25, -0.2) is 14.5 Å². The van der Waals surface area contributed by atoms with E-state index >= 15 is 0 Å². The Bertz CT molecular complexity index is 1630. The normalized spacial score (nSPS) is 11.4. The van der Waals surface area contributed by atoms with Crippen LogP contribution in [0.15, 0.2) is 85.5 Å². The fraction of sp³-hybridized carbons (Fsp3) is 0.0769. The molecule has 0 unspecified atom stereocenters. The van der Waals surface area contributed by atoms with Crippen molar-refractivity contribution < 1.29 is 4.79 Å². The minimum Gasteiger partial charge on any atom is -0.328 e. The predicted molar refractivity (Wildman–Crippen MR) is 129 cm³/mol. The molecule has 0 aliphatic heterocycles. The van der Waals surface area contributed by atoms with Crippen molar-refractivity contribution in [1.29, 1.82) is 0 Å². The SMILES string of the molecule is Cc1ccc(-c2nn3c4ccc(NC(=O)Cn5ccnc5)cc4nc3c3ccccc23)cc1. The summed E-state index contributed by atoms with van der Waals surface area (Å²) in [6.45, 7) is 2.28. The first-order valence-corrected chi connectivity index (χ1v) is 10.7. The molecular formula is C26H20N6O. The van der Waals surface area contributed by atoms with Crippen LogP contribution in [-0.4, -0.2) is 30.1 Å². The van der Waals surface area contributed by atoms with Crippen molar-refractivity contribution in [3.63, 3.8) is 0 Å². The standard InChI is InChI=1S/C26H20N6O/c1-17-6-8-18(9-7-17)25-20-4-2-3-5-21(20)26-29-22-14-19(10-11-23(22)32(26)30-25)28-24(33)15-31-13-12-27-16-31/h2-14,16H,15H2,1H3,(H,28,33). The van der Waals surface area contributed by atoms with E-state index in [4.69, 9.17) is 10.1 Å². The lowest BCUT2D eigenvalue weighted by molar-refractivity contribution is -0.116. The molecule has 0 bridgehead atoms. The zero-order valence-corrected chi connectivity index (χ0v) is 17.9. The van der Waals surface area contributed by atoms with Crippen LogP contribution < -0.4 is 5.32 Å². The Balaban J connectivity index is 1.46. The third kappa shape index (κ3) is 3.40. The van der Waals surface area contributed by atoms with Gasteiger partial charge in [0.25, 0.3) is 0 Å². The molecule has 1 amide bonds. The summed E-state index contributed by atoms with van der Waals surface area (Å²) in [5.41, 5.74) is 6.32.